The fourth-order valence-corrected chi connectivity index (χ4v) is 2.59. The Labute approximate surface area is 135 Å². The van der Waals surface area contributed by atoms with Crippen molar-refractivity contribution in [3.8, 4) is 0 Å². The zero-order chi connectivity index (χ0) is 17.3. The topological polar surface area (TPSA) is 46.9 Å². The largest absolute Gasteiger partial charge is 0.416 e. The first-order valence-electron chi connectivity index (χ1n) is 7.23. The summed E-state index contributed by atoms with van der Waals surface area (Å²) in [5, 5.41) is 7.33. The number of para-hydroxylation sites is 1. The standard InChI is InChI=1S/C17H14F3N3O/c1-23-14-9-5-3-7-12(14)15(22-23)16(24)21-10-11-6-2-4-8-13(11)17(18,19)20/h2-9H,10H2,1H3,(H,21,24). The Morgan fingerprint density at radius 2 is 1.79 bits per heavy atom. The van der Waals surface area contributed by atoms with Crippen molar-refractivity contribution in [2.45, 2.75) is 12.7 Å². The Morgan fingerprint density at radius 1 is 1.12 bits per heavy atom. The smallest absolute Gasteiger partial charge is 0.347 e. The first kappa shape index (κ1) is 16.0. The fraction of sp³-hybridized carbons (Fsp3) is 0.176. The number of nitrogens with zero attached hydrogens (tertiary/aromatic N) is 2. The minimum Gasteiger partial charge on any atom is -0.347 e. The third-order valence-electron chi connectivity index (χ3n) is 3.74. The van der Waals surface area contributed by atoms with E-state index in [1.807, 2.05) is 12.1 Å². The molecule has 124 valence electrons. The molecule has 0 atom stereocenters. The second-order valence-electron chi connectivity index (χ2n) is 5.33. The number of aromatic nitrogens is 2. The van der Waals surface area contributed by atoms with Crippen molar-refractivity contribution in [3.63, 3.8) is 0 Å². The molecule has 0 spiro atoms. The van der Waals surface area contributed by atoms with Crippen LogP contribution in [0.25, 0.3) is 10.9 Å². The third kappa shape index (κ3) is 2.97. The molecule has 1 heterocycles. The lowest BCUT2D eigenvalue weighted by Crippen LogP contribution is -2.25. The first-order valence-corrected chi connectivity index (χ1v) is 7.23. The normalized spacial score (nSPS) is 11.7. The lowest BCUT2D eigenvalue weighted by molar-refractivity contribution is -0.138. The number of aryl methyl sites for hydroxylation is 1. The van der Waals surface area contributed by atoms with Crippen molar-refractivity contribution in [1.82, 2.24) is 15.1 Å². The minimum atomic E-state index is -4.46. The molecule has 0 aliphatic rings. The average Bonchev–Trinajstić information content (AvgIpc) is 2.90. The van der Waals surface area contributed by atoms with E-state index in [9.17, 15) is 18.0 Å². The van der Waals surface area contributed by atoms with Gasteiger partial charge in [0, 0.05) is 19.0 Å². The minimum absolute atomic E-state index is 0.0126. The summed E-state index contributed by atoms with van der Waals surface area (Å²) in [5.74, 6) is -0.510. The highest BCUT2D eigenvalue weighted by atomic mass is 19.4. The van der Waals surface area contributed by atoms with Gasteiger partial charge in [-0.05, 0) is 17.7 Å². The number of rotatable bonds is 3. The zero-order valence-electron chi connectivity index (χ0n) is 12.8. The zero-order valence-corrected chi connectivity index (χ0v) is 12.8. The number of fused-ring (bicyclic) bond motifs is 1. The van der Waals surface area contributed by atoms with E-state index in [-0.39, 0.29) is 17.8 Å². The van der Waals surface area contributed by atoms with Crippen molar-refractivity contribution in [2.75, 3.05) is 0 Å². The Kier molecular flexibility index (Phi) is 4.01. The number of halogens is 3. The first-order chi connectivity index (χ1) is 11.4. The molecule has 2 aromatic carbocycles. The summed E-state index contributed by atoms with van der Waals surface area (Å²) in [6.45, 7) is -0.223. The summed E-state index contributed by atoms with van der Waals surface area (Å²) < 4.78 is 40.5. The maximum atomic E-state index is 13.0. The van der Waals surface area contributed by atoms with Crippen molar-refractivity contribution in [3.05, 3.63) is 65.4 Å². The van der Waals surface area contributed by atoms with Crippen LogP contribution in [0.5, 0.6) is 0 Å². The van der Waals surface area contributed by atoms with E-state index < -0.39 is 17.6 Å². The third-order valence-corrected chi connectivity index (χ3v) is 3.74. The van der Waals surface area contributed by atoms with Gasteiger partial charge in [-0.3, -0.25) is 9.48 Å². The Balaban J connectivity index is 1.84. The molecule has 3 aromatic rings. The van der Waals surface area contributed by atoms with Crippen LogP contribution in [-0.2, 0) is 19.8 Å². The van der Waals surface area contributed by atoms with Gasteiger partial charge in [0.25, 0.3) is 5.91 Å². The quantitative estimate of drug-likeness (QED) is 0.797. The van der Waals surface area contributed by atoms with Gasteiger partial charge in [-0.25, -0.2) is 0 Å². The SMILES string of the molecule is Cn1nc(C(=O)NCc2ccccc2C(F)(F)F)c2ccccc21. The van der Waals surface area contributed by atoms with Gasteiger partial charge >= 0.3 is 6.18 Å². The molecule has 3 rings (SSSR count). The molecule has 1 amide bonds. The van der Waals surface area contributed by atoms with Crippen molar-refractivity contribution >= 4 is 16.8 Å². The number of alkyl halides is 3. The maximum Gasteiger partial charge on any atom is 0.416 e. The molecule has 4 nitrogen and oxygen atoms in total. The lowest BCUT2D eigenvalue weighted by Gasteiger charge is -2.12. The highest BCUT2D eigenvalue weighted by Gasteiger charge is 2.32. The summed E-state index contributed by atoms with van der Waals surface area (Å²) in [4.78, 5) is 12.3. The molecule has 0 aliphatic carbocycles. The van der Waals surface area contributed by atoms with E-state index in [1.54, 1.807) is 23.9 Å². The van der Waals surface area contributed by atoms with Crippen LogP contribution in [0.15, 0.2) is 48.5 Å². The van der Waals surface area contributed by atoms with Crippen molar-refractivity contribution in [1.29, 1.82) is 0 Å². The van der Waals surface area contributed by atoms with Gasteiger partial charge < -0.3 is 5.32 Å². The Bertz CT molecular complexity index is 899. The highest BCUT2D eigenvalue weighted by Crippen LogP contribution is 2.31. The molecule has 0 radical (unpaired) electrons. The molecule has 0 aliphatic heterocycles. The second kappa shape index (κ2) is 5.99. The predicted octanol–water partition coefficient (Wildman–Crippen LogP) is 3.52. The van der Waals surface area contributed by atoms with E-state index in [2.05, 4.69) is 10.4 Å². The van der Waals surface area contributed by atoms with Crippen LogP contribution in [0.3, 0.4) is 0 Å². The monoisotopic (exact) mass is 333 g/mol. The number of carbonyl (C=O) groups is 1. The number of hydrogen-bond acceptors (Lipinski definition) is 2. The average molecular weight is 333 g/mol. The molecule has 1 aromatic heterocycles. The molecule has 0 fully saturated rings. The summed E-state index contributed by atoms with van der Waals surface area (Å²) in [5.41, 5.74) is 0.227. The summed E-state index contributed by atoms with van der Waals surface area (Å²) in [6.07, 6.45) is -4.46. The van der Waals surface area contributed by atoms with Gasteiger partial charge in [0.2, 0.25) is 0 Å². The molecule has 0 unspecified atom stereocenters. The Morgan fingerprint density at radius 3 is 2.54 bits per heavy atom. The van der Waals surface area contributed by atoms with Crippen LogP contribution < -0.4 is 5.32 Å². The molecule has 0 saturated carbocycles. The molecular weight excluding hydrogens is 319 g/mol. The van der Waals surface area contributed by atoms with Crippen LogP contribution in [0.4, 0.5) is 13.2 Å². The predicted molar refractivity (Wildman–Crippen MR) is 83.3 cm³/mol. The van der Waals surface area contributed by atoms with Gasteiger partial charge in [-0.1, -0.05) is 36.4 Å². The van der Waals surface area contributed by atoms with Crippen LogP contribution in [0.2, 0.25) is 0 Å². The van der Waals surface area contributed by atoms with E-state index >= 15 is 0 Å². The van der Waals surface area contributed by atoms with Crippen molar-refractivity contribution < 1.29 is 18.0 Å². The van der Waals surface area contributed by atoms with Crippen LogP contribution in [-0.4, -0.2) is 15.7 Å². The number of nitrogens with one attached hydrogen (secondary N) is 1. The van der Waals surface area contributed by atoms with Crippen LogP contribution in [0.1, 0.15) is 21.6 Å². The molecule has 0 saturated heterocycles. The molecule has 24 heavy (non-hydrogen) atoms. The fourth-order valence-electron chi connectivity index (χ4n) is 2.59. The van der Waals surface area contributed by atoms with Gasteiger partial charge in [0.15, 0.2) is 5.69 Å². The maximum absolute atomic E-state index is 13.0. The molecular formula is C17H14F3N3O. The molecule has 1 N–H and O–H groups in total. The van der Waals surface area contributed by atoms with Gasteiger partial charge in [-0.15, -0.1) is 0 Å². The van der Waals surface area contributed by atoms with E-state index in [0.717, 1.165) is 11.6 Å². The summed E-state index contributed by atoms with van der Waals surface area (Å²) >= 11 is 0. The van der Waals surface area contributed by atoms with Gasteiger partial charge in [0.1, 0.15) is 0 Å². The van der Waals surface area contributed by atoms with E-state index in [4.69, 9.17) is 0 Å². The lowest BCUT2D eigenvalue weighted by atomic mass is 10.1. The second-order valence-corrected chi connectivity index (χ2v) is 5.33. The number of hydrogen-bond donors (Lipinski definition) is 1. The molecule has 7 heteroatoms. The number of benzene rings is 2. The van der Waals surface area contributed by atoms with Crippen LogP contribution in [0, 0.1) is 0 Å². The summed E-state index contributed by atoms with van der Waals surface area (Å²) in [6, 6.07) is 12.3. The van der Waals surface area contributed by atoms with E-state index in [1.165, 1.54) is 18.2 Å². The van der Waals surface area contributed by atoms with Crippen molar-refractivity contribution in [2.24, 2.45) is 7.05 Å². The number of carbonyl (C=O) groups excluding carboxylic acids is 1. The summed E-state index contributed by atoms with van der Waals surface area (Å²) in [7, 11) is 1.71. The molecule has 0 bridgehead atoms. The van der Waals surface area contributed by atoms with Crippen LogP contribution >= 0.6 is 0 Å². The van der Waals surface area contributed by atoms with Gasteiger partial charge in [-0.2, -0.15) is 18.3 Å². The Hall–Kier alpha value is -2.83. The van der Waals surface area contributed by atoms with E-state index in [0.29, 0.717) is 5.39 Å². The number of amides is 1. The van der Waals surface area contributed by atoms with Gasteiger partial charge in [0.05, 0.1) is 11.1 Å². The highest BCUT2D eigenvalue weighted by molar-refractivity contribution is 6.04.